The highest BCUT2D eigenvalue weighted by molar-refractivity contribution is 5.84. The number of fused-ring (bicyclic) bond motifs is 1. The lowest BCUT2D eigenvalue weighted by atomic mass is 10.0. The number of nitrogens with zero attached hydrogens (tertiary/aromatic N) is 4. The van der Waals surface area contributed by atoms with E-state index >= 15 is 0 Å². The second-order valence-electron chi connectivity index (χ2n) is 10.9. The summed E-state index contributed by atoms with van der Waals surface area (Å²) in [6.45, 7) is 6.89. The molecule has 1 aliphatic rings. The molecule has 1 saturated heterocycles. The van der Waals surface area contributed by atoms with E-state index in [-0.39, 0.29) is 11.6 Å². The summed E-state index contributed by atoms with van der Waals surface area (Å²) >= 11 is 0. The van der Waals surface area contributed by atoms with Crippen LogP contribution in [0.2, 0.25) is 0 Å². The largest absolute Gasteiger partial charge is 0.444 e. The Labute approximate surface area is 231 Å². The van der Waals surface area contributed by atoms with Gasteiger partial charge in [0.1, 0.15) is 17.2 Å². The maximum atomic E-state index is 13.8. The number of aromatic nitrogens is 2. The number of piperidine rings is 1. The molecule has 9 heteroatoms. The van der Waals surface area contributed by atoms with Crippen molar-refractivity contribution in [3.63, 3.8) is 0 Å². The second-order valence-corrected chi connectivity index (χ2v) is 10.9. The summed E-state index contributed by atoms with van der Waals surface area (Å²) in [7, 11) is 0. The number of rotatable bonds is 4. The predicted molar refractivity (Wildman–Crippen MR) is 152 cm³/mol. The molecule has 0 bridgehead atoms. The molecule has 1 N–H and O–H groups in total. The molecule has 3 aromatic carbocycles. The monoisotopic (exact) mass is 539 g/mol. The topological polar surface area (TPSA) is 100 Å². The molecule has 0 saturated carbocycles. The van der Waals surface area contributed by atoms with Gasteiger partial charge in [0, 0.05) is 30.4 Å². The van der Waals surface area contributed by atoms with E-state index in [9.17, 15) is 19.2 Å². The summed E-state index contributed by atoms with van der Waals surface area (Å²) in [4.78, 5) is 33.2. The van der Waals surface area contributed by atoms with Gasteiger partial charge >= 0.3 is 6.09 Å². The predicted octanol–water partition coefficient (Wildman–Crippen LogP) is 5.56. The van der Waals surface area contributed by atoms with Gasteiger partial charge in [0.05, 0.1) is 28.2 Å². The van der Waals surface area contributed by atoms with E-state index in [4.69, 9.17) is 9.72 Å². The molecular weight excluding hydrogens is 509 g/mol. The van der Waals surface area contributed by atoms with Crippen molar-refractivity contribution >= 4 is 22.7 Å². The maximum Gasteiger partial charge on any atom is 0.407 e. The zero-order valence-electron chi connectivity index (χ0n) is 22.6. The first kappa shape index (κ1) is 26.9. The van der Waals surface area contributed by atoms with Crippen molar-refractivity contribution < 1.29 is 13.9 Å². The lowest BCUT2D eigenvalue weighted by Crippen LogP contribution is -2.49. The molecule has 5 rings (SSSR count). The van der Waals surface area contributed by atoms with Crippen molar-refractivity contribution in [3.05, 3.63) is 88.5 Å². The van der Waals surface area contributed by atoms with E-state index in [0.29, 0.717) is 40.1 Å². The fourth-order valence-corrected chi connectivity index (χ4v) is 4.89. The van der Waals surface area contributed by atoms with Gasteiger partial charge in [-0.2, -0.15) is 5.26 Å². The Morgan fingerprint density at radius 1 is 1.07 bits per heavy atom. The summed E-state index contributed by atoms with van der Waals surface area (Å²) < 4.78 is 20.6. The van der Waals surface area contributed by atoms with Crippen molar-refractivity contribution in [1.29, 1.82) is 5.26 Å². The Bertz CT molecular complexity index is 1650. The second kappa shape index (κ2) is 10.8. The van der Waals surface area contributed by atoms with Crippen molar-refractivity contribution in [3.8, 4) is 23.1 Å². The minimum Gasteiger partial charge on any atom is -0.444 e. The molecule has 1 atom stereocenters. The van der Waals surface area contributed by atoms with Crippen molar-refractivity contribution in [2.24, 2.45) is 0 Å². The van der Waals surface area contributed by atoms with Crippen LogP contribution in [-0.4, -0.2) is 40.4 Å². The lowest BCUT2D eigenvalue weighted by molar-refractivity contribution is 0.0500. The maximum absolute atomic E-state index is 13.8. The van der Waals surface area contributed by atoms with Gasteiger partial charge in [0.2, 0.25) is 0 Å². The highest BCUT2D eigenvalue weighted by Gasteiger charge is 2.25. The van der Waals surface area contributed by atoms with Crippen LogP contribution in [0.4, 0.5) is 14.9 Å². The van der Waals surface area contributed by atoms with Gasteiger partial charge in [-0.25, -0.2) is 14.2 Å². The Morgan fingerprint density at radius 3 is 2.45 bits per heavy atom. The lowest BCUT2D eigenvalue weighted by Gasteiger charge is -2.35. The van der Waals surface area contributed by atoms with Crippen LogP contribution < -0.4 is 15.8 Å². The van der Waals surface area contributed by atoms with E-state index in [0.717, 1.165) is 25.1 Å². The zero-order chi connectivity index (χ0) is 28.4. The van der Waals surface area contributed by atoms with Gasteiger partial charge < -0.3 is 15.0 Å². The number of amides is 1. The highest BCUT2D eigenvalue weighted by atomic mass is 19.1. The number of nitriles is 1. The Morgan fingerprint density at radius 2 is 1.77 bits per heavy atom. The number of carbonyl (C=O) groups is 1. The molecule has 1 aliphatic heterocycles. The average Bonchev–Trinajstić information content (AvgIpc) is 2.92. The molecule has 1 aromatic heterocycles. The highest BCUT2D eigenvalue weighted by Crippen LogP contribution is 2.27. The molecule has 40 heavy (non-hydrogen) atoms. The minimum absolute atomic E-state index is 0.0760. The van der Waals surface area contributed by atoms with Crippen LogP contribution in [0.1, 0.15) is 39.2 Å². The van der Waals surface area contributed by atoms with Gasteiger partial charge in [-0.3, -0.25) is 9.36 Å². The number of ether oxygens (including phenoxy) is 1. The summed E-state index contributed by atoms with van der Waals surface area (Å²) in [5, 5.41) is 12.6. The van der Waals surface area contributed by atoms with E-state index < -0.39 is 17.5 Å². The van der Waals surface area contributed by atoms with Crippen molar-refractivity contribution in [2.45, 2.75) is 45.3 Å². The number of alkyl carbamates (subject to hydrolysis) is 1. The molecule has 204 valence electrons. The molecule has 2 heterocycles. The van der Waals surface area contributed by atoms with Crippen LogP contribution in [0.3, 0.4) is 0 Å². The third-order valence-corrected chi connectivity index (χ3v) is 6.72. The van der Waals surface area contributed by atoms with Crippen LogP contribution >= 0.6 is 0 Å². The molecule has 1 fully saturated rings. The fraction of sp³-hybridized carbons (Fsp3) is 0.290. The van der Waals surface area contributed by atoms with E-state index in [2.05, 4.69) is 16.3 Å². The third kappa shape index (κ3) is 5.81. The number of hydrogen-bond donors (Lipinski definition) is 1. The van der Waals surface area contributed by atoms with Crippen LogP contribution in [0.5, 0.6) is 0 Å². The Balaban J connectivity index is 1.53. The number of halogens is 1. The first-order valence-electron chi connectivity index (χ1n) is 13.2. The van der Waals surface area contributed by atoms with Gasteiger partial charge in [-0.15, -0.1) is 0 Å². The van der Waals surface area contributed by atoms with Gasteiger partial charge in [-0.1, -0.05) is 0 Å². The van der Waals surface area contributed by atoms with Gasteiger partial charge in [0.25, 0.3) is 5.56 Å². The third-order valence-electron chi connectivity index (χ3n) is 6.72. The zero-order valence-corrected chi connectivity index (χ0v) is 22.6. The van der Waals surface area contributed by atoms with Crippen LogP contribution in [0, 0.1) is 17.1 Å². The minimum atomic E-state index is -0.574. The van der Waals surface area contributed by atoms with Gasteiger partial charge in [-0.05, 0) is 100 Å². The molecule has 0 radical (unpaired) electrons. The number of nitrogens with one attached hydrogen (secondary N) is 1. The van der Waals surface area contributed by atoms with Crippen LogP contribution in [0.25, 0.3) is 28.0 Å². The summed E-state index contributed by atoms with van der Waals surface area (Å²) in [6.07, 6.45) is 1.29. The first-order valence-corrected chi connectivity index (χ1v) is 13.2. The molecule has 8 nitrogen and oxygen atoms in total. The quantitative estimate of drug-likeness (QED) is 0.365. The summed E-state index contributed by atoms with van der Waals surface area (Å²) in [6, 6.07) is 20.1. The molecule has 0 unspecified atom stereocenters. The van der Waals surface area contributed by atoms with Crippen molar-refractivity contribution in [1.82, 2.24) is 14.9 Å². The molecular formula is C31H30FN5O3. The van der Waals surface area contributed by atoms with E-state index in [1.54, 1.807) is 30.3 Å². The van der Waals surface area contributed by atoms with Gasteiger partial charge in [0.15, 0.2) is 0 Å². The van der Waals surface area contributed by atoms with E-state index in [1.165, 1.54) is 28.8 Å². The number of benzene rings is 3. The summed E-state index contributed by atoms with van der Waals surface area (Å²) in [5.74, 6) is -0.0232. The normalized spacial score (nSPS) is 15.5. The fourth-order valence-electron chi connectivity index (χ4n) is 4.89. The Kier molecular flexibility index (Phi) is 7.26. The first-order chi connectivity index (χ1) is 19.1. The molecule has 0 spiro atoms. The smallest absolute Gasteiger partial charge is 0.407 e. The standard InChI is InChI=1S/C31H30FN5O3/c1-31(2,3)40-30(39)34-23-5-4-16-36(19-23)25-14-15-26-27(17-25)35-28(21-8-6-20(18-33)7-9-21)37(29(26)38)24-12-10-22(32)11-13-24/h6-15,17,23H,4-5,16,19H2,1-3H3,(H,34,39)/t23-/m0/s1. The van der Waals surface area contributed by atoms with E-state index in [1.807, 2.05) is 32.9 Å². The number of hydrogen-bond acceptors (Lipinski definition) is 6. The number of carbonyl (C=O) groups excluding carboxylic acids is 1. The molecule has 1 amide bonds. The molecule has 4 aromatic rings. The average molecular weight is 540 g/mol. The van der Waals surface area contributed by atoms with Crippen LogP contribution in [0.15, 0.2) is 71.5 Å². The SMILES string of the molecule is CC(C)(C)OC(=O)N[C@H]1CCCN(c2ccc3c(=O)n(-c4ccc(F)cc4)c(-c4ccc(C#N)cc4)nc3c2)C1. The Hall–Kier alpha value is -4.71. The van der Waals surface area contributed by atoms with Crippen LogP contribution in [-0.2, 0) is 4.74 Å². The summed E-state index contributed by atoms with van der Waals surface area (Å²) in [5.41, 5.74) is 2.16. The molecule has 0 aliphatic carbocycles. The van der Waals surface area contributed by atoms with Crippen molar-refractivity contribution in [2.75, 3.05) is 18.0 Å². The number of anilines is 1.